The highest BCUT2D eigenvalue weighted by atomic mass is 32.2. The standard InChI is InChI=1S/C7H7NO5S/c1-12-5(9)3-14-7-8-4(2-13-7)6(10)11/h2H,3H2,1H3,(H,10,11). The van der Waals surface area contributed by atoms with Crippen LogP contribution < -0.4 is 0 Å². The van der Waals surface area contributed by atoms with Crippen LogP contribution >= 0.6 is 11.8 Å². The first-order chi connectivity index (χ1) is 6.63. The quantitative estimate of drug-likeness (QED) is 0.584. The van der Waals surface area contributed by atoms with E-state index in [1.54, 1.807) is 0 Å². The van der Waals surface area contributed by atoms with E-state index in [9.17, 15) is 9.59 Å². The lowest BCUT2D eigenvalue weighted by atomic mass is 10.5. The molecule has 0 aliphatic carbocycles. The van der Waals surface area contributed by atoms with Gasteiger partial charge in [-0.15, -0.1) is 0 Å². The number of hydrogen-bond acceptors (Lipinski definition) is 6. The maximum atomic E-state index is 10.7. The largest absolute Gasteiger partial charge is 0.476 e. The molecule has 1 aromatic rings. The van der Waals surface area contributed by atoms with Crippen LogP contribution in [0.4, 0.5) is 0 Å². The van der Waals surface area contributed by atoms with Crippen molar-refractivity contribution in [2.45, 2.75) is 5.22 Å². The topological polar surface area (TPSA) is 89.6 Å². The highest BCUT2D eigenvalue weighted by molar-refractivity contribution is 7.99. The van der Waals surface area contributed by atoms with Crippen molar-refractivity contribution in [1.29, 1.82) is 0 Å². The lowest BCUT2D eigenvalue weighted by Gasteiger charge is -1.94. The number of methoxy groups -OCH3 is 1. The van der Waals surface area contributed by atoms with Crippen LogP contribution in [0.3, 0.4) is 0 Å². The summed E-state index contributed by atoms with van der Waals surface area (Å²) in [5.41, 5.74) is -0.183. The second kappa shape index (κ2) is 4.66. The van der Waals surface area contributed by atoms with Gasteiger partial charge < -0.3 is 14.3 Å². The van der Waals surface area contributed by atoms with Crippen LogP contribution in [0.25, 0.3) is 0 Å². The first-order valence-electron chi connectivity index (χ1n) is 3.52. The molecule has 7 heteroatoms. The molecule has 6 nitrogen and oxygen atoms in total. The van der Waals surface area contributed by atoms with Crippen molar-refractivity contribution in [3.63, 3.8) is 0 Å². The van der Waals surface area contributed by atoms with Gasteiger partial charge in [-0.2, -0.15) is 4.98 Å². The Kier molecular flexibility index (Phi) is 3.52. The maximum Gasteiger partial charge on any atom is 0.357 e. The minimum absolute atomic E-state index is 0.0378. The van der Waals surface area contributed by atoms with Crippen LogP contribution in [0.15, 0.2) is 15.9 Å². The average molecular weight is 217 g/mol. The zero-order chi connectivity index (χ0) is 10.6. The molecule has 0 radical (unpaired) electrons. The van der Waals surface area contributed by atoms with Crippen molar-refractivity contribution in [3.05, 3.63) is 12.0 Å². The third-order valence-corrected chi connectivity index (χ3v) is 2.06. The molecular weight excluding hydrogens is 210 g/mol. The van der Waals surface area contributed by atoms with Crippen molar-refractivity contribution < 1.29 is 23.8 Å². The number of nitrogens with zero attached hydrogens (tertiary/aromatic N) is 1. The Hall–Kier alpha value is -1.50. The molecule has 0 fully saturated rings. The van der Waals surface area contributed by atoms with E-state index in [1.165, 1.54) is 7.11 Å². The summed E-state index contributed by atoms with van der Waals surface area (Å²) in [7, 11) is 1.27. The zero-order valence-electron chi connectivity index (χ0n) is 7.22. The number of carboxylic acids is 1. The normalized spacial score (nSPS) is 9.79. The average Bonchev–Trinajstić information content (AvgIpc) is 2.62. The van der Waals surface area contributed by atoms with Gasteiger partial charge in [0, 0.05) is 0 Å². The molecule has 1 N–H and O–H groups in total. The number of ether oxygens (including phenoxy) is 1. The predicted octanol–water partition coefficient (Wildman–Crippen LogP) is 0.638. The Labute approximate surface area is 83.3 Å². The number of esters is 1. The Bertz CT molecular complexity index is 348. The highest BCUT2D eigenvalue weighted by Gasteiger charge is 2.12. The van der Waals surface area contributed by atoms with Crippen LogP contribution in [-0.4, -0.2) is 34.9 Å². The molecule has 0 bridgehead atoms. The zero-order valence-corrected chi connectivity index (χ0v) is 8.04. The summed E-state index contributed by atoms with van der Waals surface area (Å²) >= 11 is 0.976. The van der Waals surface area contributed by atoms with Crippen molar-refractivity contribution >= 4 is 23.7 Å². The minimum atomic E-state index is -1.17. The van der Waals surface area contributed by atoms with E-state index in [1.807, 2.05) is 0 Å². The maximum absolute atomic E-state index is 10.7. The summed E-state index contributed by atoms with van der Waals surface area (Å²) in [5, 5.41) is 8.63. The molecule has 0 amide bonds. The van der Waals surface area contributed by atoms with E-state index in [2.05, 4.69) is 9.72 Å². The molecule has 14 heavy (non-hydrogen) atoms. The molecule has 1 heterocycles. The van der Waals surface area contributed by atoms with E-state index in [4.69, 9.17) is 9.52 Å². The molecule has 0 saturated carbocycles. The van der Waals surface area contributed by atoms with Gasteiger partial charge in [0.2, 0.25) is 0 Å². The molecule has 0 saturated heterocycles. The van der Waals surface area contributed by atoms with Crippen molar-refractivity contribution in [3.8, 4) is 0 Å². The number of hydrogen-bond donors (Lipinski definition) is 1. The number of carbonyl (C=O) groups excluding carboxylic acids is 1. The third-order valence-electron chi connectivity index (χ3n) is 1.24. The molecule has 0 aliphatic heterocycles. The minimum Gasteiger partial charge on any atom is -0.476 e. The van der Waals surface area contributed by atoms with E-state index in [0.717, 1.165) is 18.0 Å². The van der Waals surface area contributed by atoms with E-state index in [0.29, 0.717) is 0 Å². The van der Waals surface area contributed by atoms with Crippen molar-refractivity contribution in [2.75, 3.05) is 12.9 Å². The number of carbonyl (C=O) groups is 2. The predicted molar refractivity (Wildman–Crippen MR) is 46.2 cm³/mol. The van der Waals surface area contributed by atoms with Gasteiger partial charge in [-0.1, -0.05) is 11.8 Å². The molecule has 1 aromatic heterocycles. The second-order valence-electron chi connectivity index (χ2n) is 2.17. The van der Waals surface area contributed by atoms with E-state index < -0.39 is 11.9 Å². The molecule has 0 unspecified atom stereocenters. The van der Waals surface area contributed by atoms with Gasteiger partial charge in [0.05, 0.1) is 7.11 Å². The summed E-state index contributed by atoms with van der Waals surface area (Å²) in [5.74, 6) is -1.56. The fraction of sp³-hybridized carbons (Fsp3) is 0.286. The Morgan fingerprint density at radius 3 is 2.93 bits per heavy atom. The molecule has 76 valence electrons. The van der Waals surface area contributed by atoms with Gasteiger partial charge in [0.15, 0.2) is 5.69 Å². The summed E-state index contributed by atoms with van der Waals surface area (Å²) in [4.78, 5) is 24.7. The monoisotopic (exact) mass is 217 g/mol. The summed E-state index contributed by atoms with van der Waals surface area (Å²) in [6.45, 7) is 0. The molecule has 0 spiro atoms. The van der Waals surface area contributed by atoms with Gasteiger partial charge in [-0.25, -0.2) is 4.79 Å². The number of aromatic nitrogens is 1. The number of carboxylic acid groups (broad SMARTS) is 1. The fourth-order valence-electron chi connectivity index (χ4n) is 0.601. The molecule has 0 aliphatic rings. The van der Waals surface area contributed by atoms with Crippen LogP contribution in [0.1, 0.15) is 10.5 Å². The number of aromatic carboxylic acids is 1. The van der Waals surface area contributed by atoms with Gasteiger partial charge >= 0.3 is 11.9 Å². The highest BCUT2D eigenvalue weighted by Crippen LogP contribution is 2.16. The van der Waals surface area contributed by atoms with E-state index >= 15 is 0 Å². The van der Waals surface area contributed by atoms with E-state index in [-0.39, 0.29) is 16.7 Å². The first kappa shape index (κ1) is 10.6. The number of thioether (sulfide) groups is 1. The SMILES string of the molecule is COC(=O)CSc1nc(C(=O)O)co1. The Morgan fingerprint density at radius 1 is 1.71 bits per heavy atom. The third kappa shape index (κ3) is 2.77. The summed E-state index contributed by atoms with van der Waals surface area (Å²) in [6, 6.07) is 0. The number of rotatable bonds is 4. The number of oxazole rings is 1. The molecule has 1 rings (SSSR count). The lowest BCUT2D eigenvalue weighted by molar-refractivity contribution is -0.137. The van der Waals surface area contributed by atoms with Crippen LogP contribution in [-0.2, 0) is 9.53 Å². The summed E-state index contributed by atoms with van der Waals surface area (Å²) in [6.07, 6.45) is 1.02. The second-order valence-corrected chi connectivity index (χ2v) is 3.10. The molecular formula is C7H7NO5S. The molecule has 0 aromatic carbocycles. The Morgan fingerprint density at radius 2 is 2.43 bits per heavy atom. The van der Waals surface area contributed by atoms with Crippen molar-refractivity contribution in [2.24, 2.45) is 0 Å². The van der Waals surface area contributed by atoms with Gasteiger partial charge in [-0.3, -0.25) is 4.79 Å². The van der Waals surface area contributed by atoms with Crippen LogP contribution in [0.5, 0.6) is 0 Å². The fourth-order valence-corrected chi connectivity index (χ4v) is 1.24. The van der Waals surface area contributed by atoms with Gasteiger partial charge in [0.1, 0.15) is 12.0 Å². The van der Waals surface area contributed by atoms with Gasteiger partial charge in [-0.05, 0) is 0 Å². The van der Waals surface area contributed by atoms with Crippen LogP contribution in [0, 0.1) is 0 Å². The summed E-state index contributed by atoms with van der Waals surface area (Å²) < 4.78 is 9.16. The van der Waals surface area contributed by atoms with Gasteiger partial charge in [0.25, 0.3) is 5.22 Å². The molecule has 0 atom stereocenters. The van der Waals surface area contributed by atoms with Crippen molar-refractivity contribution in [1.82, 2.24) is 4.98 Å². The Balaban J connectivity index is 2.52. The lowest BCUT2D eigenvalue weighted by Crippen LogP contribution is -2.03. The first-order valence-corrected chi connectivity index (χ1v) is 4.50. The van der Waals surface area contributed by atoms with Crippen LogP contribution in [0.2, 0.25) is 0 Å². The smallest absolute Gasteiger partial charge is 0.357 e.